The standard InChI is InChI=1S/C23H31NO6/c1-4-6-7-8-14-30-21-15-17(22(25)28-3)9-10-19(21)20-16-18(29-13-5-2)11-12-24(20)23(26)27/h4-5,9-10,15,18,20H,1-2,6-8,11-14,16H2,3H3,(H,26,27). The van der Waals surface area contributed by atoms with E-state index in [0.717, 1.165) is 24.8 Å². The minimum atomic E-state index is -0.990. The van der Waals surface area contributed by atoms with Gasteiger partial charge in [-0.1, -0.05) is 18.2 Å². The number of hydrogen-bond donors (Lipinski definition) is 1. The summed E-state index contributed by atoms with van der Waals surface area (Å²) in [6, 6.07) is 4.59. The fraction of sp³-hybridized carbons (Fsp3) is 0.478. The van der Waals surface area contributed by atoms with E-state index in [9.17, 15) is 14.7 Å². The zero-order valence-electron chi connectivity index (χ0n) is 17.5. The predicted octanol–water partition coefficient (Wildman–Crippen LogP) is 4.59. The predicted molar refractivity (Wildman–Crippen MR) is 114 cm³/mol. The molecule has 164 valence electrons. The molecular formula is C23H31NO6. The summed E-state index contributed by atoms with van der Waals surface area (Å²) in [6.45, 7) is 8.62. The molecule has 7 nitrogen and oxygen atoms in total. The molecule has 1 aromatic carbocycles. The van der Waals surface area contributed by atoms with E-state index in [1.54, 1.807) is 24.3 Å². The van der Waals surface area contributed by atoms with Crippen molar-refractivity contribution in [1.82, 2.24) is 4.90 Å². The van der Waals surface area contributed by atoms with E-state index >= 15 is 0 Å². The van der Waals surface area contributed by atoms with Gasteiger partial charge in [-0.25, -0.2) is 9.59 Å². The minimum absolute atomic E-state index is 0.0793. The highest BCUT2D eigenvalue weighted by atomic mass is 16.5. The van der Waals surface area contributed by atoms with Crippen LogP contribution in [-0.2, 0) is 9.47 Å². The normalized spacial score (nSPS) is 18.5. The molecule has 1 saturated heterocycles. The van der Waals surface area contributed by atoms with Crippen molar-refractivity contribution < 1.29 is 28.9 Å². The number of benzene rings is 1. The summed E-state index contributed by atoms with van der Waals surface area (Å²) in [5.74, 6) is 0.0288. The molecule has 0 saturated carbocycles. The molecule has 0 spiro atoms. The van der Waals surface area contributed by atoms with Gasteiger partial charge in [-0.05, 0) is 44.2 Å². The maximum Gasteiger partial charge on any atom is 0.407 e. The fourth-order valence-electron chi connectivity index (χ4n) is 3.56. The highest BCUT2D eigenvalue weighted by Crippen LogP contribution is 2.38. The Morgan fingerprint density at radius 3 is 2.73 bits per heavy atom. The number of amides is 1. The zero-order chi connectivity index (χ0) is 21.9. The molecule has 2 rings (SSSR count). The number of carboxylic acid groups (broad SMARTS) is 1. The number of methoxy groups -OCH3 is 1. The number of esters is 1. The Balaban J connectivity index is 2.30. The topological polar surface area (TPSA) is 85.3 Å². The summed E-state index contributed by atoms with van der Waals surface area (Å²) in [4.78, 5) is 25.3. The Bertz CT molecular complexity index is 747. The first kappa shape index (κ1) is 23.5. The molecule has 1 aliphatic heterocycles. The molecule has 1 N–H and O–H groups in total. The van der Waals surface area contributed by atoms with E-state index < -0.39 is 18.1 Å². The second-order valence-electron chi connectivity index (χ2n) is 7.14. The van der Waals surface area contributed by atoms with Crippen LogP contribution in [0.1, 0.15) is 54.1 Å². The number of carbonyl (C=O) groups is 2. The fourth-order valence-corrected chi connectivity index (χ4v) is 3.56. The molecule has 1 aliphatic rings. The van der Waals surface area contributed by atoms with Crippen LogP contribution in [0.25, 0.3) is 0 Å². The molecule has 1 heterocycles. The van der Waals surface area contributed by atoms with Crippen molar-refractivity contribution >= 4 is 12.1 Å². The smallest absolute Gasteiger partial charge is 0.407 e. The number of rotatable bonds is 11. The summed E-state index contributed by atoms with van der Waals surface area (Å²) in [5.41, 5.74) is 1.08. The maximum atomic E-state index is 12.0. The van der Waals surface area contributed by atoms with Crippen molar-refractivity contribution in [3.8, 4) is 5.75 Å². The number of piperidine rings is 1. The Morgan fingerprint density at radius 2 is 2.07 bits per heavy atom. The van der Waals surface area contributed by atoms with Gasteiger partial charge in [-0.2, -0.15) is 0 Å². The highest BCUT2D eigenvalue weighted by Gasteiger charge is 2.35. The molecule has 2 atom stereocenters. The van der Waals surface area contributed by atoms with Crippen molar-refractivity contribution in [2.75, 3.05) is 26.9 Å². The molecule has 7 heteroatoms. The summed E-state index contributed by atoms with van der Waals surface area (Å²) >= 11 is 0. The monoisotopic (exact) mass is 417 g/mol. The van der Waals surface area contributed by atoms with E-state index in [2.05, 4.69) is 13.2 Å². The molecule has 2 unspecified atom stereocenters. The van der Waals surface area contributed by atoms with Crippen LogP contribution < -0.4 is 4.74 Å². The van der Waals surface area contributed by atoms with Crippen LogP contribution in [0, 0.1) is 0 Å². The second-order valence-corrected chi connectivity index (χ2v) is 7.14. The SMILES string of the molecule is C=CCCCCOc1cc(C(=O)OC)ccc1C1CC(OCC=C)CCN1C(=O)O. The first-order valence-electron chi connectivity index (χ1n) is 10.2. The maximum absolute atomic E-state index is 12.0. The van der Waals surface area contributed by atoms with Crippen molar-refractivity contribution in [2.24, 2.45) is 0 Å². The van der Waals surface area contributed by atoms with Gasteiger partial charge < -0.3 is 24.2 Å². The number of nitrogens with zero attached hydrogens (tertiary/aromatic N) is 1. The first-order valence-corrected chi connectivity index (χ1v) is 10.2. The van der Waals surface area contributed by atoms with Gasteiger partial charge in [0.15, 0.2) is 0 Å². The second kappa shape index (κ2) is 12.0. The largest absolute Gasteiger partial charge is 0.493 e. The van der Waals surface area contributed by atoms with E-state index in [0.29, 0.717) is 43.9 Å². The number of hydrogen-bond acceptors (Lipinski definition) is 5. The van der Waals surface area contributed by atoms with Crippen molar-refractivity contribution in [1.29, 1.82) is 0 Å². The minimum Gasteiger partial charge on any atom is -0.493 e. The average Bonchev–Trinajstić information content (AvgIpc) is 2.76. The Kier molecular flexibility index (Phi) is 9.41. The van der Waals surface area contributed by atoms with Gasteiger partial charge in [-0.3, -0.25) is 0 Å². The van der Waals surface area contributed by atoms with Crippen LogP contribution >= 0.6 is 0 Å². The zero-order valence-corrected chi connectivity index (χ0v) is 17.5. The van der Waals surface area contributed by atoms with Gasteiger partial charge in [0.1, 0.15) is 5.75 Å². The summed E-state index contributed by atoms with van der Waals surface area (Å²) in [6.07, 6.45) is 6.26. The molecule has 0 radical (unpaired) electrons. The third-order valence-electron chi connectivity index (χ3n) is 5.10. The van der Waals surface area contributed by atoms with E-state index in [4.69, 9.17) is 14.2 Å². The lowest BCUT2D eigenvalue weighted by molar-refractivity contribution is -0.000323. The number of carbonyl (C=O) groups excluding carboxylic acids is 1. The van der Waals surface area contributed by atoms with Crippen LogP contribution in [0.15, 0.2) is 43.5 Å². The van der Waals surface area contributed by atoms with Gasteiger partial charge in [0.2, 0.25) is 0 Å². The molecule has 0 aromatic heterocycles. The van der Waals surface area contributed by atoms with Gasteiger partial charge in [-0.15, -0.1) is 13.2 Å². The molecular weight excluding hydrogens is 386 g/mol. The van der Waals surface area contributed by atoms with Crippen molar-refractivity contribution in [2.45, 2.75) is 44.2 Å². The molecule has 0 aliphatic carbocycles. The summed E-state index contributed by atoms with van der Waals surface area (Å²) in [7, 11) is 1.32. The van der Waals surface area contributed by atoms with Crippen molar-refractivity contribution in [3.05, 3.63) is 54.6 Å². The average molecular weight is 418 g/mol. The Labute approximate surface area is 177 Å². The number of allylic oxidation sites excluding steroid dienone is 1. The van der Waals surface area contributed by atoms with Crippen LogP contribution in [0.5, 0.6) is 5.75 Å². The van der Waals surface area contributed by atoms with Crippen LogP contribution in [0.3, 0.4) is 0 Å². The highest BCUT2D eigenvalue weighted by molar-refractivity contribution is 5.90. The van der Waals surface area contributed by atoms with E-state index in [1.807, 2.05) is 6.08 Å². The van der Waals surface area contributed by atoms with Crippen LogP contribution in [0.4, 0.5) is 4.79 Å². The number of unbranched alkanes of at least 4 members (excludes halogenated alkanes) is 2. The van der Waals surface area contributed by atoms with Gasteiger partial charge in [0, 0.05) is 12.1 Å². The van der Waals surface area contributed by atoms with Crippen LogP contribution in [0.2, 0.25) is 0 Å². The van der Waals surface area contributed by atoms with Crippen molar-refractivity contribution in [3.63, 3.8) is 0 Å². The lowest BCUT2D eigenvalue weighted by Gasteiger charge is -2.38. The third kappa shape index (κ3) is 6.35. The Hall–Kier alpha value is -2.80. The number of likely N-dealkylation sites (tertiary alicyclic amines) is 1. The number of ether oxygens (including phenoxy) is 3. The van der Waals surface area contributed by atoms with E-state index in [1.165, 1.54) is 12.0 Å². The summed E-state index contributed by atoms with van der Waals surface area (Å²) in [5, 5.41) is 9.72. The molecule has 30 heavy (non-hydrogen) atoms. The third-order valence-corrected chi connectivity index (χ3v) is 5.10. The quantitative estimate of drug-likeness (QED) is 0.322. The lowest BCUT2D eigenvalue weighted by Crippen LogP contribution is -2.42. The first-order chi connectivity index (χ1) is 14.5. The Morgan fingerprint density at radius 1 is 1.27 bits per heavy atom. The van der Waals surface area contributed by atoms with Gasteiger partial charge in [0.25, 0.3) is 0 Å². The van der Waals surface area contributed by atoms with Gasteiger partial charge in [0.05, 0.1) is 38.0 Å². The molecule has 1 aromatic rings. The van der Waals surface area contributed by atoms with Crippen LogP contribution in [-0.4, -0.2) is 55.0 Å². The lowest BCUT2D eigenvalue weighted by atomic mass is 9.92. The summed E-state index contributed by atoms with van der Waals surface area (Å²) < 4.78 is 16.6. The molecule has 0 bridgehead atoms. The molecule has 1 fully saturated rings. The van der Waals surface area contributed by atoms with E-state index in [-0.39, 0.29) is 6.10 Å². The van der Waals surface area contributed by atoms with Gasteiger partial charge >= 0.3 is 12.1 Å². The molecule has 1 amide bonds.